The minimum Gasteiger partial charge on any atom is -0.447 e. The van der Waals surface area contributed by atoms with Crippen LogP contribution in [0.3, 0.4) is 0 Å². The second kappa shape index (κ2) is 8.23. The summed E-state index contributed by atoms with van der Waals surface area (Å²) in [5.41, 5.74) is 2.27. The molecule has 33 heavy (non-hydrogen) atoms. The molecule has 5 heterocycles. The van der Waals surface area contributed by atoms with Crippen molar-refractivity contribution in [2.45, 2.75) is 37.0 Å². The van der Waals surface area contributed by atoms with Gasteiger partial charge < -0.3 is 34.2 Å². The number of para-hydroxylation sites is 2. The molecule has 2 aliphatic heterocycles. The number of aliphatic hydroxyl groups excluding tert-OH is 2. The van der Waals surface area contributed by atoms with Gasteiger partial charge in [-0.15, -0.1) is 0 Å². The number of fused-ring (bicyclic) bond motifs is 2. The van der Waals surface area contributed by atoms with Gasteiger partial charge in [0.2, 0.25) is 0 Å². The lowest BCUT2D eigenvalue weighted by Crippen LogP contribution is -2.34. The lowest BCUT2D eigenvalue weighted by atomic mass is 10.1. The number of nitrogens with zero attached hydrogens (tertiary/aromatic N) is 5. The highest BCUT2D eigenvalue weighted by Gasteiger charge is 2.45. The van der Waals surface area contributed by atoms with Crippen LogP contribution >= 0.6 is 0 Å². The van der Waals surface area contributed by atoms with Crippen LogP contribution in [-0.2, 0) is 9.47 Å². The summed E-state index contributed by atoms with van der Waals surface area (Å²) < 4.78 is 24.0. The Bertz CT molecular complexity index is 1240. The molecular formula is C21H22N6O6. The monoisotopic (exact) mass is 454 g/mol. The minimum atomic E-state index is -1.21. The third-order valence-corrected chi connectivity index (χ3v) is 5.89. The Morgan fingerprint density at radius 1 is 1.15 bits per heavy atom. The third-order valence-electron chi connectivity index (χ3n) is 5.89. The molecule has 0 radical (unpaired) electrons. The van der Waals surface area contributed by atoms with Gasteiger partial charge in [0.05, 0.1) is 19.0 Å². The van der Waals surface area contributed by atoms with E-state index in [1.807, 2.05) is 12.1 Å². The minimum absolute atomic E-state index is 0.0579. The first-order valence-corrected chi connectivity index (χ1v) is 10.7. The Hall–Kier alpha value is -3.32. The lowest BCUT2D eigenvalue weighted by Gasteiger charge is -2.17. The van der Waals surface area contributed by atoms with Crippen molar-refractivity contribution >= 4 is 28.1 Å². The van der Waals surface area contributed by atoms with Crippen molar-refractivity contribution in [2.75, 3.05) is 25.1 Å². The van der Waals surface area contributed by atoms with E-state index in [0.717, 1.165) is 6.42 Å². The van der Waals surface area contributed by atoms with Crippen molar-refractivity contribution in [1.82, 2.24) is 24.5 Å². The first kappa shape index (κ1) is 20.3. The number of benzene rings is 1. The van der Waals surface area contributed by atoms with E-state index in [1.54, 1.807) is 16.7 Å². The Balaban J connectivity index is 1.19. The predicted molar refractivity (Wildman–Crippen MR) is 114 cm³/mol. The normalized spacial score (nSPS) is 27.5. The fourth-order valence-electron chi connectivity index (χ4n) is 4.15. The number of aliphatic hydroxyl groups is 2. The summed E-state index contributed by atoms with van der Waals surface area (Å²) in [7, 11) is 0. The van der Waals surface area contributed by atoms with Gasteiger partial charge in [-0.1, -0.05) is 12.1 Å². The number of hydrogen-bond donors (Lipinski definition) is 3. The Labute approximate surface area is 187 Å². The van der Waals surface area contributed by atoms with Crippen LogP contribution in [0, 0.1) is 0 Å². The van der Waals surface area contributed by atoms with E-state index >= 15 is 0 Å². The zero-order chi connectivity index (χ0) is 22.4. The van der Waals surface area contributed by atoms with E-state index in [9.17, 15) is 10.2 Å². The molecule has 0 spiro atoms. The lowest BCUT2D eigenvalue weighted by molar-refractivity contribution is -0.0502. The SMILES string of the molecule is O[C@@H]1[C@H](O)[C@H](n2cnc3c(NC4CCOC4)ncnc32)O[C@@H]1COc1nc2ccccc2o1. The van der Waals surface area contributed by atoms with Gasteiger partial charge in [0.15, 0.2) is 28.8 Å². The Morgan fingerprint density at radius 3 is 2.91 bits per heavy atom. The molecule has 0 saturated carbocycles. The fraction of sp³-hybridized carbons (Fsp3) is 0.429. The van der Waals surface area contributed by atoms with Crippen LogP contribution in [0.15, 0.2) is 41.3 Å². The predicted octanol–water partition coefficient (Wildman–Crippen LogP) is 0.866. The molecule has 172 valence electrons. The number of imidazole rings is 1. The summed E-state index contributed by atoms with van der Waals surface area (Å²) in [6, 6.07) is 7.42. The summed E-state index contributed by atoms with van der Waals surface area (Å²) in [6.07, 6.45) is -0.235. The number of oxazole rings is 1. The van der Waals surface area contributed by atoms with Gasteiger partial charge in [-0.2, -0.15) is 4.98 Å². The summed E-state index contributed by atoms with van der Waals surface area (Å²) in [5, 5.41) is 24.6. The highest BCUT2D eigenvalue weighted by atomic mass is 16.6. The molecule has 2 aliphatic rings. The van der Waals surface area contributed by atoms with Crippen LogP contribution in [0.2, 0.25) is 0 Å². The molecule has 3 N–H and O–H groups in total. The summed E-state index contributed by atoms with van der Waals surface area (Å²) in [4.78, 5) is 17.3. The van der Waals surface area contributed by atoms with Gasteiger partial charge in [0.1, 0.15) is 36.8 Å². The molecule has 6 rings (SSSR count). The molecular weight excluding hydrogens is 432 g/mol. The third kappa shape index (κ3) is 3.66. The number of aromatic nitrogens is 5. The van der Waals surface area contributed by atoms with Crippen molar-refractivity contribution in [3.05, 3.63) is 36.9 Å². The molecule has 5 atom stereocenters. The van der Waals surface area contributed by atoms with Crippen molar-refractivity contribution in [3.63, 3.8) is 0 Å². The molecule has 0 bridgehead atoms. The molecule has 0 aliphatic carbocycles. The van der Waals surface area contributed by atoms with E-state index in [4.69, 9.17) is 18.6 Å². The number of ether oxygens (including phenoxy) is 3. The van der Waals surface area contributed by atoms with Crippen molar-refractivity contribution in [1.29, 1.82) is 0 Å². The van der Waals surface area contributed by atoms with Crippen molar-refractivity contribution < 1.29 is 28.8 Å². The van der Waals surface area contributed by atoms with Crippen molar-refractivity contribution in [3.8, 4) is 6.08 Å². The largest absolute Gasteiger partial charge is 0.447 e. The van der Waals surface area contributed by atoms with Gasteiger partial charge in [-0.25, -0.2) is 15.0 Å². The van der Waals surface area contributed by atoms with E-state index in [1.165, 1.54) is 12.7 Å². The maximum atomic E-state index is 10.7. The molecule has 12 heteroatoms. The second-order valence-electron chi connectivity index (χ2n) is 8.06. The number of anilines is 1. The quantitative estimate of drug-likeness (QED) is 0.381. The fourth-order valence-corrected chi connectivity index (χ4v) is 4.15. The van der Waals surface area contributed by atoms with Gasteiger partial charge in [-0.05, 0) is 18.6 Å². The summed E-state index contributed by atoms with van der Waals surface area (Å²) in [6.45, 7) is 1.25. The van der Waals surface area contributed by atoms with Gasteiger partial charge in [-0.3, -0.25) is 4.57 Å². The Morgan fingerprint density at radius 2 is 2.06 bits per heavy atom. The molecule has 2 saturated heterocycles. The highest BCUT2D eigenvalue weighted by molar-refractivity contribution is 5.82. The molecule has 4 aromatic rings. The van der Waals surface area contributed by atoms with Crippen LogP contribution in [0.5, 0.6) is 6.08 Å². The number of nitrogens with one attached hydrogen (secondary N) is 1. The maximum Gasteiger partial charge on any atom is 0.394 e. The van der Waals surface area contributed by atoms with Gasteiger partial charge in [0.25, 0.3) is 0 Å². The standard InChI is InChI=1S/C21H22N6O6/c28-16-14(8-31-21-26-12-3-1-2-4-13(12)33-21)32-20(17(16)29)27-10-24-15-18(22-9-23-19(15)27)25-11-5-6-30-7-11/h1-4,9-11,14,16-17,20,28-29H,5-8H2,(H,22,23,25)/t11?,14-,16+,17+,20-/m1/s1. The number of rotatable bonds is 6. The summed E-state index contributed by atoms with van der Waals surface area (Å²) in [5.74, 6) is 0.582. The Kier molecular flexibility index (Phi) is 5.06. The zero-order valence-corrected chi connectivity index (χ0v) is 17.4. The average molecular weight is 454 g/mol. The average Bonchev–Trinajstić information content (AvgIpc) is 3.61. The van der Waals surface area contributed by atoms with E-state index in [-0.39, 0.29) is 18.7 Å². The van der Waals surface area contributed by atoms with E-state index in [0.29, 0.717) is 41.3 Å². The van der Waals surface area contributed by atoms with E-state index in [2.05, 4.69) is 25.3 Å². The summed E-state index contributed by atoms with van der Waals surface area (Å²) >= 11 is 0. The van der Waals surface area contributed by atoms with Crippen LogP contribution in [-0.4, -0.2) is 78.9 Å². The maximum absolute atomic E-state index is 10.7. The van der Waals surface area contributed by atoms with Gasteiger partial charge >= 0.3 is 6.08 Å². The molecule has 3 aromatic heterocycles. The van der Waals surface area contributed by atoms with Crippen LogP contribution < -0.4 is 10.1 Å². The highest BCUT2D eigenvalue weighted by Crippen LogP contribution is 2.33. The first-order valence-electron chi connectivity index (χ1n) is 10.7. The molecule has 12 nitrogen and oxygen atoms in total. The van der Waals surface area contributed by atoms with Crippen LogP contribution in [0.25, 0.3) is 22.3 Å². The van der Waals surface area contributed by atoms with Crippen LogP contribution in [0.4, 0.5) is 5.82 Å². The molecule has 1 unspecified atom stereocenters. The topological polar surface area (TPSA) is 150 Å². The number of hydrogen-bond acceptors (Lipinski definition) is 11. The first-order chi connectivity index (χ1) is 16.2. The molecule has 0 amide bonds. The molecule has 2 fully saturated rings. The molecule has 1 aromatic carbocycles. The van der Waals surface area contributed by atoms with Crippen LogP contribution in [0.1, 0.15) is 12.6 Å². The smallest absolute Gasteiger partial charge is 0.394 e. The second-order valence-corrected chi connectivity index (χ2v) is 8.06. The van der Waals surface area contributed by atoms with Crippen molar-refractivity contribution in [2.24, 2.45) is 0 Å². The van der Waals surface area contributed by atoms with E-state index < -0.39 is 24.5 Å². The zero-order valence-electron chi connectivity index (χ0n) is 17.4. The van der Waals surface area contributed by atoms with Gasteiger partial charge in [0, 0.05) is 6.61 Å².